The quantitative estimate of drug-likeness (QED) is 0.738. The topological polar surface area (TPSA) is 56.1 Å². The summed E-state index contributed by atoms with van der Waals surface area (Å²) in [5.41, 5.74) is 2.69. The monoisotopic (exact) mass is 367 g/mol. The van der Waals surface area contributed by atoms with Crippen LogP contribution in [-0.4, -0.2) is 28.8 Å². The summed E-state index contributed by atoms with van der Waals surface area (Å²) in [6.07, 6.45) is 2.05. The molecule has 4 rings (SSSR count). The largest absolute Gasteiger partial charge is 0.497 e. The first-order chi connectivity index (χ1) is 12.7. The van der Waals surface area contributed by atoms with Crippen LogP contribution in [0.1, 0.15) is 23.3 Å². The number of methoxy groups -OCH3 is 1. The molecule has 1 aliphatic carbocycles. The molecule has 132 valence electrons. The maximum Gasteiger partial charge on any atom is 0.270 e. The minimum Gasteiger partial charge on any atom is -0.497 e. The molecule has 1 aliphatic rings. The highest BCUT2D eigenvalue weighted by molar-refractivity contribution is 6.32. The van der Waals surface area contributed by atoms with E-state index in [2.05, 4.69) is 10.4 Å². The lowest BCUT2D eigenvalue weighted by molar-refractivity contribution is 0.0943. The molecule has 1 fully saturated rings. The summed E-state index contributed by atoms with van der Waals surface area (Å²) in [4.78, 5) is 12.7. The average molecular weight is 368 g/mol. The van der Waals surface area contributed by atoms with Crippen LogP contribution >= 0.6 is 11.6 Å². The second kappa shape index (κ2) is 6.84. The Morgan fingerprint density at radius 2 is 2.00 bits per heavy atom. The SMILES string of the molecule is COc1cccc(-c2cc(C(=O)NC3CC3)n(-c3ccccc3Cl)n2)c1. The van der Waals surface area contributed by atoms with Gasteiger partial charge in [0.1, 0.15) is 11.4 Å². The lowest BCUT2D eigenvalue weighted by Crippen LogP contribution is -2.27. The highest BCUT2D eigenvalue weighted by Gasteiger charge is 2.26. The molecule has 1 aromatic heterocycles. The van der Waals surface area contributed by atoms with Gasteiger partial charge in [-0.1, -0.05) is 35.9 Å². The van der Waals surface area contributed by atoms with Gasteiger partial charge in [0.05, 0.1) is 23.5 Å². The highest BCUT2D eigenvalue weighted by Crippen LogP contribution is 2.28. The molecule has 5 nitrogen and oxygen atoms in total. The van der Waals surface area contributed by atoms with Crippen molar-refractivity contribution in [3.8, 4) is 22.7 Å². The third-order valence-corrected chi connectivity index (χ3v) is 4.62. The number of carbonyl (C=O) groups excluding carboxylic acids is 1. The predicted molar refractivity (Wildman–Crippen MR) is 101 cm³/mol. The summed E-state index contributed by atoms with van der Waals surface area (Å²) >= 11 is 6.34. The smallest absolute Gasteiger partial charge is 0.270 e. The van der Waals surface area contributed by atoms with Crippen LogP contribution in [0.2, 0.25) is 5.02 Å². The van der Waals surface area contributed by atoms with Gasteiger partial charge >= 0.3 is 0 Å². The van der Waals surface area contributed by atoms with Crippen LogP contribution in [0, 0.1) is 0 Å². The van der Waals surface area contributed by atoms with Crippen molar-refractivity contribution in [3.63, 3.8) is 0 Å². The molecule has 0 unspecified atom stereocenters. The number of hydrogen-bond acceptors (Lipinski definition) is 3. The number of carbonyl (C=O) groups is 1. The lowest BCUT2D eigenvalue weighted by atomic mass is 10.1. The fourth-order valence-electron chi connectivity index (χ4n) is 2.76. The van der Waals surface area contributed by atoms with Gasteiger partial charge in [0.15, 0.2) is 0 Å². The van der Waals surface area contributed by atoms with Crippen molar-refractivity contribution < 1.29 is 9.53 Å². The van der Waals surface area contributed by atoms with Crippen LogP contribution in [0.4, 0.5) is 0 Å². The standard InChI is InChI=1S/C20H18ClN3O2/c1-26-15-6-4-5-13(11-15)17-12-19(20(25)22-14-9-10-14)24(23-17)18-8-3-2-7-16(18)21/h2-8,11-12,14H,9-10H2,1H3,(H,22,25). The minimum atomic E-state index is -0.144. The van der Waals surface area contributed by atoms with Crippen LogP contribution in [0.3, 0.4) is 0 Å². The van der Waals surface area contributed by atoms with Crippen molar-refractivity contribution in [3.05, 3.63) is 65.3 Å². The summed E-state index contributed by atoms with van der Waals surface area (Å²) in [6, 6.07) is 17.0. The van der Waals surface area contributed by atoms with Crippen LogP contribution in [0.25, 0.3) is 16.9 Å². The van der Waals surface area contributed by atoms with Crippen LogP contribution in [-0.2, 0) is 0 Å². The van der Waals surface area contributed by atoms with Crippen LogP contribution < -0.4 is 10.1 Å². The number of aromatic nitrogens is 2. The number of benzene rings is 2. The molecular weight excluding hydrogens is 350 g/mol. The van der Waals surface area contributed by atoms with Crippen molar-refractivity contribution >= 4 is 17.5 Å². The van der Waals surface area contributed by atoms with E-state index in [1.54, 1.807) is 23.9 Å². The number of rotatable bonds is 5. The molecule has 0 bridgehead atoms. The molecule has 1 N–H and O–H groups in total. The van der Waals surface area contributed by atoms with Gasteiger partial charge in [-0.15, -0.1) is 0 Å². The molecule has 3 aromatic rings. The van der Waals surface area contributed by atoms with Gasteiger partial charge in [0.25, 0.3) is 5.91 Å². The van der Waals surface area contributed by atoms with Gasteiger partial charge in [-0.2, -0.15) is 5.10 Å². The van der Waals surface area contributed by atoms with Gasteiger partial charge in [-0.25, -0.2) is 4.68 Å². The van der Waals surface area contributed by atoms with Gasteiger partial charge < -0.3 is 10.1 Å². The normalized spacial score (nSPS) is 13.5. The molecule has 2 aromatic carbocycles. The zero-order valence-corrected chi connectivity index (χ0v) is 15.0. The average Bonchev–Trinajstić information content (AvgIpc) is 3.36. The molecule has 26 heavy (non-hydrogen) atoms. The number of amides is 1. The van der Waals surface area contributed by atoms with E-state index in [1.807, 2.05) is 42.5 Å². The van der Waals surface area contributed by atoms with Gasteiger partial charge in [-0.3, -0.25) is 4.79 Å². The molecular formula is C20H18ClN3O2. The minimum absolute atomic E-state index is 0.144. The number of para-hydroxylation sites is 1. The molecule has 0 aliphatic heterocycles. The number of ether oxygens (including phenoxy) is 1. The second-order valence-corrected chi connectivity index (χ2v) is 6.66. The van der Waals surface area contributed by atoms with Crippen molar-refractivity contribution in [1.29, 1.82) is 0 Å². The molecule has 6 heteroatoms. The third-order valence-electron chi connectivity index (χ3n) is 4.30. The maximum atomic E-state index is 12.7. The van der Waals surface area contributed by atoms with Gasteiger partial charge in [0.2, 0.25) is 0 Å². The number of hydrogen-bond donors (Lipinski definition) is 1. The number of halogens is 1. The Labute approximate surface area is 156 Å². The van der Waals surface area contributed by atoms with Crippen LogP contribution in [0.5, 0.6) is 5.75 Å². The van der Waals surface area contributed by atoms with Crippen molar-refractivity contribution in [2.75, 3.05) is 7.11 Å². The van der Waals surface area contributed by atoms with E-state index in [0.717, 1.165) is 24.2 Å². The Balaban J connectivity index is 1.81. The van der Waals surface area contributed by atoms with E-state index in [9.17, 15) is 4.79 Å². The van der Waals surface area contributed by atoms with E-state index >= 15 is 0 Å². The lowest BCUT2D eigenvalue weighted by Gasteiger charge is -2.09. The van der Waals surface area contributed by atoms with E-state index in [1.165, 1.54) is 0 Å². The zero-order valence-electron chi connectivity index (χ0n) is 14.3. The van der Waals surface area contributed by atoms with Crippen molar-refractivity contribution in [2.45, 2.75) is 18.9 Å². The first-order valence-electron chi connectivity index (χ1n) is 8.46. The Kier molecular flexibility index (Phi) is 4.39. The summed E-state index contributed by atoms with van der Waals surface area (Å²) < 4.78 is 6.90. The predicted octanol–water partition coefficient (Wildman–Crippen LogP) is 4.09. The molecule has 1 heterocycles. The third kappa shape index (κ3) is 3.30. The summed E-state index contributed by atoms with van der Waals surface area (Å²) in [6.45, 7) is 0. The van der Waals surface area contributed by atoms with Crippen LogP contribution in [0.15, 0.2) is 54.6 Å². The molecule has 0 spiro atoms. The molecule has 0 radical (unpaired) electrons. The number of nitrogens with zero attached hydrogens (tertiary/aromatic N) is 2. The Morgan fingerprint density at radius 1 is 1.19 bits per heavy atom. The van der Waals surface area contributed by atoms with E-state index in [0.29, 0.717) is 22.1 Å². The van der Waals surface area contributed by atoms with Gasteiger partial charge in [-0.05, 0) is 43.2 Å². The number of nitrogens with one attached hydrogen (secondary N) is 1. The highest BCUT2D eigenvalue weighted by atomic mass is 35.5. The first-order valence-corrected chi connectivity index (χ1v) is 8.84. The summed E-state index contributed by atoms with van der Waals surface area (Å²) in [7, 11) is 1.62. The van der Waals surface area contributed by atoms with E-state index < -0.39 is 0 Å². The second-order valence-electron chi connectivity index (χ2n) is 6.26. The Morgan fingerprint density at radius 3 is 2.73 bits per heavy atom. The first kappa shape index (κ1) is 16.7. The van der Waals surface area contributed by atoms with Crippen molar-refractivity contribution in [1.82, 2.24) is 15.1 Å². The Bertz CT molecular complexity index is 963. The molecule has 1 saturated carbocycles. The van der Waals surface area contributed by atoms with Gasteiger partial charge in [0, 0.05) is 11.6 Å². The zero-order chi connectivity index (χ0) is 18.1. The summed E-state index contributed by atoms with van der Waals surface area (Å²) in [5, 5.41) is 8.21. The molecule has 0 atom stereocenters. The fraction of sp³-hybridized carbons (Fsp3) is 0.200. The van der Waals surface area contributed by atoms with Crippen molar-refractivity contribution in [2.24, 2.45) is 0 Å². The Hall–Kier alpha value is -2.79. The van der Waals surface area contributed by atoms with E-state index in [4.69, 9.17) is 16.3 Å². The molecule has 0 saturated heterocycles. The molecule has 1 amide bonds. The summed E-state index contributed by atoms with van der Waals surface area (Å²) in [5.74, 6) is 0.591. The van der Waals surface area contributed by atoms with E-state index in [-0.39, 0.29) is 11.9 Å². The maximum absolute atomic E-state index is 12.7. The fourth-order valence-corrected chi connectivity index (χ4v) is 2.98.